The molecule has 1 saturated carbocycles. The molecule has 1 aliphatic carbocycles. The molecule has 3 nitrogen and oxygen atoms in total. The first-order valence-corrected chi connectivity index (χ1v) is 6.67. The number of hydrogen-bond donors (Lipinski definition) is 1. The molecule has 1 aromatic rings. The van der Waals surface area contributed by atoms with E-state index in [0.29, 0.717) is 16.9 Å². The lowest BCUT2D eigenvalue weighted by atomic mass is 9.86. The van der Waals surface area contributed by atoms with Crippen LogP contribution in [0.2, 0.25) is 0 Å². The van der Waals surface area contributed by atoms with Crippen molar-refractivity contribution in [3.05, 3.63) is 22.6 Å². The topological polar surface area (TPSA) is 48.1 Å². The highest BCUT2D eigenvalue weighted by molar-refractivity contribution is 9.10. The highest BCUT2D eigenvalue weighted by Crippen LogP contribution is 2.28. The molecule has 17 heavy (non-hydrogen) atoms. The van der Waals surface area contributed by atoms with Crippen LogP contribution in [-0.4, -0.2) is 17.6 Å². The summed E-state index contributed by atoms with van der Waals surface area (Å²) in [5.41, 5.74) is 5.71. The lowest BCUT2D eigenvalue weighted by Crippen LogP contribution is -2.35. The predicted octanol–water partition coefficient (Wildman–Crippen LogP) is 2.88. The van der Waals surface area contributed by atoms with Crippen LogP contribution in [0.15, 0.2) is 16.7 Å². The van der Waals surface area contributed by atoms with Crippen LogP contribution in [0, 0.1) is 11.7 Å². The van der Waals surface area contributed by atoms with E-state index in [1.807, 2.05) is 0 Å². The minimum absolute atomic E-state index is 0.00285. The van der Waals surface area contributed by atoms with Crippen LogP contribution in [0.5, 0.6) is 5.88 Å². The van der Waals surface area contributed by atoms with Gasteiger partial charge in [0.25, 0.3) is 5.88 Å². The highest BCUT2D eigenvalue weighted by atomic mass is 79.9. The van der Waals surface area contributed by atoms with Gasteiger partial charge in [0.1, 0.15) is 6.10 Å². The zero-order valence-electron chi connectivity index (χ0n) is 9.53. The molecule has 2 unspecified atom stereocenters. The van der Waals surface area contributed by atoms with Crippen LogP contribution in [0.4, 0.5) is 4.39 Å². The Hall–Kier alpha value is -0.680. The zero-order valence-corrected chi connectivity index (χ0v) is 11.1. The number of rotatable bonds is 3. The lowest BCUT2D eigenvalue weighted by molar-refractivity contribution is 0.0876. The molecule has 0 aliphatic heterocycles. The minimum atomic E-state index is -0.430. The maximum absolute atomic E-state index is 13.6. The number of hydrogen-bond acceptors (Lipinski definition) is 3. The van der Waals surface area contributed by atoms with Crippen molar-refractivity contribution in [3.63, 3.8) is 0 Å². The van der Waals surface area contributed by atoms with E-state index in [2.05, 4.69) is 20.9 Å². The number of halogens is 2. The fraction of sp³-hybridized carbons (Fsp3) is 0.583. The van der Waals surface area contributed by atoms with Crippen LogP contribution < -0.4 is 10.5 Å². The standard InChI is InChI=1S/C12H16BrFN2O/c13-9-5-10(14)12(16-7-9)17-11-4-2-1-3-8(11)6-15/h5,7-8,11H,1-4,6,15H2. The van der Waals surface area contributed by atoms with E-state index in [1.54, 1.807) is 6.20 Å². The van der Waals surface area contributed by atoms with E-state index in [-0.39, 0.29) is 12.0 Å². The van der Waals surface area contributed by atoms with E-state index >= 15 is 0 Å². The largest absolute Gasteiger partial charge is 0.472 e. The quantitative estimate of drug-likeness (QED) is 0.934. The van der Waals surface area contributed by atoms with Crippen molar-refractivity contribution in [2.24, 2.45) is 11.7 Å². The van der Waals surface area contributed by atoms with Gasteiger partial charge in [0, 0.05) is 16.6 Å². The molecule has 5 heteroatoms. The molecule has 0 radical (unpaired) electrons. The Bertz CT molecular complexity index is 389. The third kappa shape index (κ3) is 3.16. The number of aromatic nitrogens is 1. The monoisotopic (exact) mass is 302 g/mol. The minimum Gasteiger partial charge on any atom is -0.472 e. The van der Waals surface area contributed by atoms with Crippen LogP contribution in [-0.2, 0) is 0 Å². The van der Waals surface area contributed by atoms with E-state index in [9.17, 15) is 4.39 Å². The molecule has 2 rings (SSSR count). The third-order valence-corrected chi connectivity index (χ3v) is 3.61. The summed E-state index contributed by atoms with van der Waals surface area (Å²) in [6, 6.07) is 1.36. The molecule has 1 fully saturated rings. The molecule has 2 atom stereocenters. The Balaban J connectivity index is 2.08. The smallest absolute Gasteiger partial charge is 0.250 e. The van der Waals surface area contributed by atoms with Gasteiger partial charge < -0.3 is 10.5 Å². The summed E-state index contributed by atoms with van der Waals surface area (Å²) in [6.07, 6.45) is 5.81. The zero-order chi connectivity index (χ0) is 12.3. The first-order valence-electron chi connectivity index (χ1n) is 5.88. The third-order valence-electron chi connectivity index (χ3n) is 3.18. The van der Waals surface area contributed by atoms with Gasteiger partial charge in [-0.1, -0.05) is 6.42 Å². The molecule has 1 heterocycles. The van der Waals surface area contributed by atoms with E-state index in [4.69, 9.17) is 10.5 Å². The van der Waals surface area contributed by atoms with Gasteiger partial charge in [-0.05, 0) is 47.8 Å². The first-order chi connectivity index (χ1) is 8.20. The van der Waals surface area contributed by atoms with Gasteiger partial charge in [-0.25, -0.2) is 9.37 Å². The SMILES string of the molecule is NCC1CCCCC1Oc1ncc(Br)cc1F. The molecule has 0 saturated heterocycles. The predicted molar refractivity (Wildman–Crippen MR) is 67.3 cm³/mol. The number of nitrogens with zero attached hydrogens (tertiary/aromatic N) is 1. The average Bonchev–Trinajstić information content (AvgIpc) is 2.33. The summed E-state index contributed by atoms with van der Waals surface area (Å²) >= 11 is 3.17. The Morgan fingerprint density at radius 3 is 2.94 bits per heavy atom. The summed E-state index contributed by atoms with van der Waals surface area (Å²) < 4.78 is 19.9. The normalized spacial score (nSPS) is 24.6. The van der Waals surface area contributed by atoms with Gasteiger partial charge in [-0.2, -0.15) is 0 Å². The van der Waals surface area contributed by atoms with Crippen molar-refractivity contribution in [3.8, 4) is 5.88 Å². The summed E-state index contributed by atoms with van der Waals surface area (Å²) in [5.74, 6) is -0.0344. The summed E-state index contributed by atoms with van der Waals surface area (Å²) in [7, 11) is 0. The molecule has 94 valence electrons. The average molecular weight is 303 g/mol. The van der Waals surface area contributed by atoms with Crippen LogP contribution >= 0.6 is 15.9 Å². The molecule has 0 amide bonds. The molecule has 1 aliphatic rings. The Morgan fingerprint density at radius 2 is 2.24 bits per heavy atom. The number of ether oxygens (including phenoxy) is 1. The van der Waals surface area contributed by atoms with Crippen molar-refractivity contribution >= 4 is 15.9 Å². The van der Waals surface area contributed by atoms with Crippen molar-refractivity contribution in [1.82, 2.24) is 4.98 Å². The summed E-state index contributed by atoms with van der Waals surface area (Å²) in [6.45, 7) is 0.586. The molecular formula is C12H16BrFN2O. The van der Waals surface area contributed by atoms with Crippen LogP contribution in [0.25, 0.3) is 0 Å². The number of pyridine rings is 1. The van der Waals surface area contributed by atoms with Gasteiger partial charge in [0.15, 0.2) is 5.82 Å². The van der Waals surface area contributed by atoms with Gasteiger partial charge >= 0.3 is 0 Å². The molecule has 2 N–H and O–H groups in total. The summed E-state index contributed by atoms with van der Waals surface area (Å²) in [4.78, 5) is 3.96. The fourth-order valence-corrected chi connectivity index (χ4v) is 2.53. The first kappa shape index (κ1) is 12.8. The van der Waals surface area contributed by atoms with Gasteiger partial charge in [0.2, 0.25) is 0 Å². The van der Waals surface area contributed by atoms with E-state index in [0.717, 1.165) is 19.3 Å². The highest BCUT2D eigenvalue weighted by Gasteiger charge is 2.26. The second-order valence-corrected chi connectivity index (χ2v) is 5.29. The lowest BCUT2D eigenvalue weighted by Gasteiger charge is -2.30. The van der Waals surface area contributed by atoms with E-state index in [1.165, 1.54) is 12.5 Å². The van der Waals surface area contributed by atoms with Crippen molar-refractivity contribution < 1.29 is 9.13 Å². The molecule has 0 aromatic carbocycles. The van der Waals surface area contributed by atoms with E-state index < -0.39 is 5.82 Å². The van der Waals surface area contributed by atoms with Gasteiger partial charge in [-0.3, -0.25) is 0 Å². The van der Waals surface area contributed by atoms with Gasteiger partial charge in [0.05, 0.1) is 0 Å². The van der Waals surface area contributed by atoms with Crippen molar-refractivity contribution in [1.29, 1.82) is 0 Å². The van der Waals surface area contributed by atoms with Crippen molar-refractivity contribution in [2.45, 2.75) is 31.8 Å². The van der Waals surface area contributed by atoms with Gasteiger partial charge in [-0.15, -0.1) is 0 Å². The Kier molecular flexibility index (Phi) is 4.34. The molecule has 0 bridgehead atoms. The maximum atomic E-state index is 13.6. The summed E-state index contributed by atoms with van der Waals surface area (Å²) in [5, 5.41) is 0. The van der Waals surface area contributed by atoms with Crippen LogP contribution in [0.3, 0.4) is 0 Å². The fourth-order valence-electron chi connectivity index (χ4n) is 2.23. The Labute approximate surface area is 109 Å². The van der Waals surface area contributed by atoms with Crippen LogP contribution in [0.1, 0.15) is 25.7 Å². The molecular weight excluding hydrogens is 287 g/mol. The molecule has 1 aromatic heterocycles. The maximum Gasteiger partial charge on any atom is 0.250 e. The second-order valence-electron chi connectivity index (χ2n) is 4.38. The second kappa shape index (κ2) is 5.78. The van der Waals surface area contributed by atoms with Crippen molar-refractivity contribution in [2.75, 3.05) is 6.54 Å². The molecule has 0 spiro atoms. The number of nitrogens with two attached hydrogens (primary N) is 1. The Morgan fingerprint density at radius 1 is 1.47 bits per heavy atom.